The van der Waals surface area contributed by atoms with Crippen LogP contribution in [0.25, 0.3) is 0 Å². The predicted molar refractivity (Wildman–Crippen MR) is 114 cm³/mol. The molecule has 1 aromatic carbocycles. The fraction of sp³-hybridized carbons (Fsp3) is 0.600. The van der Waals surface area contributed by atoms with Gasteiger partial charge >= 0.3 is 0 Å². The molecular weight excluding hydrogens is 351 g/mol. The highest BCUT2D eigenvalue weighted by Gasteiger charge is 2.46. The highest BCUT2D eigenvalue weighted by Crippen LogP contribution is 2.72. The fourth-order valence-electron chi connectivity index (χ4n) is 3.31. The van der Waals surface area contributed by atoms with Crippen LogP contribution in [0.4, 0.5) is 0 Å². The van der Waals surface area contributed by atoms with Gasteiger partial charge in [-0.05, 0) is 44.3 Å². The molecule has 0 aliphatic heterocycles. The van der Waals surface area contributed by atoms with Crippen molar-refractivity contribution in [3.63, 3.8) is 0 Å². The van der Waals surface area contributed by atoms with Gasteiger partial charge in [-0.25, -0.2) is 0 Å². The van der Waals surface area contributed by atoms with E-state index in [4.69, 9.17) is 11.8 Å². The van der Waals surface area contributed by atoms with Crippen LogP contribution in [0.2, 0.25) is 0 Å². The maximum atomic E-state index is 10.9. The summed E-state index contributed by atoms with van der Waals surface area (Å²) >= 11 is 8.24. The number of rotatable bonds is 4. The van der Waals surface area contributed by atoms with E-state index < -0.39 is 5.24 Å². The van der Waals surface area contributed by atoms with Crippen molar-refractivity contribution in [2.24, 2.45) is 5.92 Å². The number of hydrogen-bond donors (Lipinski definition) is 1. The zero-order chi connectivity index (χ0) is 18.2. The smallest absolute Gasteiger partial charge is 0.0693 e. The largest absolute Gasteiger partial charge is 0.392 e. The molecule has 0 spiro atoms. The molecule has 0 saturated heterocycles. The van der Waals surface area contributed by atoms with Crippen LogP contribution in [0.3, 0.4) is 0 Å². The van der Waals surface area contributed by atoms with Crippen molar-refractivity contribution in [2.75, 3.05) is 0 Å². The van der Waals surface area contributed by atoms with Crippen molar-refractivity contribution in [1.29, 1.82) is 0 Å². The number of allylic oxidation sites excluding steroid dienone is 1. The average molecular weight is 383 g/mol. The van der Waals surface area contributed by atoms with Crippen molar-refractivity contribution in [3.05, 3.63) is 42.5 Å². The first-order valence-electron chi connectivity index (χ1n) is 8.69. The van der Waals surface area contributed by atoms with Gasteiger partial charge in [-0.15, -0.1) is 11.4 Å². The summed E-state index contributed by atoms with van der Waals surface area (Å²) in [6.45, 7) is 15.1. The van der Waals surface area contributed by atoms with Gasteiger partial charge in [0.2, 0.25) is 0 Å². The molecule has 1 aromatic rings. The summed E-state index contributed by atoms with van der Waals surface area (Å²) in [4.78, 5) is 0. The summed E-state index contributed by atoms with van der Waals surface area (Å²) in [6, 6.07) is 10.6. The molecule has 0 bridgehead atoms. The van der Waals surface area contributed by atoms with Crippen LogP contribution < -0.4 is 5.30 Å². The van der Waals surface area contributed by atoms with Gasteiger partial charge in [0.15, 0.2) is 0 Å². The Bertz CT molecular complexity index is 635. The molecule has 0 radical (unpaired) electrons. The highest BCUT2D eigenvalue weighted by molar-refractivity contribution is 8.74. The average Bonchev–Trinajstić information content (AvgIpc) is 2.49. The van der Waals surface area contributed by atoms with Gasteiger partial charge in [0.25, 0.3) is 0 Å². The first kappa shape index (κ1) is 20.2. The topological polar surface area (TPSA) is 20.2 Å². The maximum Gasteiger partial charge on any atom is 0.0693 e. The Morgan fingerprint density at radius 2 is 1.92 bits per heavy atom. The molecule has 1 fully saturated rings. The maximum absolute atomic E-state index is 10.9. The van der Waals surface area contributed by atoms with Crippen LogP contribution in [0.5, 0.6) is 0 Å². The van der Waals surface area contributed by atoms with E-state index in [0.717, 1.165) is 19.3 Å². The molecule has 0 heterocycles. The first-order chi connectivity index (χ1) is 11.0. The summed E-state index contributed by atoms with van der Waals surface area (Å²) in [5.74, 6) is 0.442. The Kier molecular flexibility index (Phi) is 6.13. The predicted octanol–water partition coefficient (Wildman–Crippen LogP) is 5.73. The molecule has 1 aliphatic rings. The molecule has 4 atom stereocenters. The lowest BCUT2D eigenvalue weighted by Crippen LogP contribution is -2.43. The molecule has 1 N–H and O–H groups in total. The summed E-state index contributed by atoms with van der Waals surface area (Å²) < 4.78 is -0.176. The van der Waals surface area contributed by atoms with Gasteiger partial charge in [0, 0.05) is 15.1 Å². The second-order valence-electron chi connectivity index (χ2n) is 8.30. The van der Waals surface area contributed by atoms with Crippen LogP contribution in [0, 0.1) is 5.92 Å². The molecular formula is C20H31OPS2. The quantitative estimate of drug-likeness (QED) is 0.530. The Balaban J connectivity index is 2.34. The standard InChI is InChI=1S/C20H31OPS2/c1-15(2)16-12-13-20(6,18(21)14-16)24-22(23,19(3,4)5)17-10-8-7-9-11-17/h7-11,16,18,21H,1,12-14H2,2-6H3/t16-,18+,20+,22+/m1/s1. The van der Waals surface area contributed by atoms with Crippen LogP contribution >= 0.6 is 16.6 Å². The lowest BCUT2D eigenvalue weighted by molar-refractivity contribution is 0.0803. The molecule has 0 aromatic heterocycles. The molecule has 0 unspecified atom stereocenters. The zero-order valence-electron chi connectivity index (χ0n) is 15.6. The van der Waals surface area contributed by atoms with E-state index in [1.807, 2.05) is 17.4 Å². The molecule has 1 aliphatic carbocycles. The van der Waals surface area contributed by atoms with Gasteiger partial charge in [-0.2, -0.15) is 0 Å². The third kappa shape index (κ3) is 4.01. The normalized spacial score (nSPS) is 30.6. The van der Waals surface area contributed by atoms with Crippen LogP contribution in [-0.2, 0) is 11.8 Å². The SMILES string of the molecule is C=C(C)[C@@H]1CC[C@](C)(S[P@@](=S)(c2ccccc2)C(C)(C)C)[C@@H](O)C1. The molecule has 1 nitrogen and oxygen atoms in total. The van der Waals surface area contributed by atoms with Crippen molar-refractivity contribution < 1.29 is 5.11 Å². The number of aliphatic hydroxyl groups is 1. The summed E-state index contributed by atoms with van der Waals surface area (Å²) in [7, 11) is 0. The Morgan fingerprint density at radius 3 is 2.38 bits per heavy atom. The zero-order valence-corrected chi connectivity index (χ0v) is 18.1. The monoisotopic (exact) mass is 382 g/mol. The number of hydrogen-bond acceptors (Lipinski definition) is 3. The fourth-order valence-corrected chi connectivity index (χ4v) is 11.8. The van der Waals surface area contributed by atoms with Crippen molar-refractivity contribution in [3.8, 4) is 0 Å². The summed E-state index contributed by atoms with van der Waals surface area (Å²) in [5, 5.41) is 10.3. The highest BCUT2D eigenvalue weighted by atomic mass is 32.9. The molecule has 2 rings (SSSR count). The number of aliphatic hydroxyl groups excluding tert-OH is 1. The van der Waals surface area contributed by atoms with Crippen molar-refractivity contribution >= 4 is 33.7 Å². The molecule has 24 heavy (non-hydrogen) atoms. The number of benzene rings is 1. The van der Waals surface area contributed by atoms with E-state index >= 15 is 0 Å². The van der Waals surface area contributed by atoms with E-state index in [2.05, 4.69) is 65.5 Å². The lowest BCUT2D eigenvalue weighted by Gasteiger charge is -2.47. The Labute approximate surface area is 157 Å². The minimum absolute atomic E-state index is 0.0162. The second kappa shape index (κ2) is 7.27. The second-order valence-corrected chi connectivity index (χ2v) is 16.9. The van der Waals surface area contributed by atoms with E-state index in [-0.39, 0.29) is 16.0 Å². The van der Waals surface area contributed by atoms with Crippen molar-refractivity contribution in [1.82, 2.24) is 0 Å². The molecule has 4 heteroatoms. The summed E-state index contributed by atoms with van der Waals surface area (Å²) in [6.07, 6.45) is 2.58. The van der Waals surface area contributed by atoms with Gasteiger partial charge in [-0.1, -0.05) is 75.1 Å². The Hall–Kier alpha value is -0.0800. The third-order valence-corrected chi connectivity index (χ3v) is 16.4. The molecule has 0 amide bonds. The third-order valence-electron chi connectivity index (χ3n) is 5.22. The van der Waals surface area contributed by atoms with E-state index in [0.29, 0.717) is 5.92 Å². The lowest BCUT2D eigenvalue weighted by atomic mass is 9.77. The van der Waals surface area contributed by atoms with Gasteiger partial charge in [0.05, 0.1) is 6.10 Å². The van der Waals surface area contributed by atoms with E-state index in [9.17, 15) is 5.11 Å². The van der Waals surface area contributed by atoms with Crippen LogP contribution in [0.15, 0.2) is 42.5 Å². The van der Waals surface area contributed by atoms with Crippen LogP contribution in [-0.4, -0.2) is 21.1 Å². The van der Waals surface area contributed by atoms with Crippen LogP contribution in [0.1, 0.15) is 53.9 Å². The van der Waals surface area contributed by atoms with Crippen molar-refractivity contribution in [2.45, 2.75) is 69.9 Å². The van der Waals surface area contributed by atoms with Gasteiger partial charge in [0.1, 0.15) is 0 Å². The Morgan fingerprint density at radius 1 is 1.33 bits per heavy atom. The summed E-state index contributed by atoms with van der Waals surface area (Å²) in [5.41, 5.74) is 1.19. The minimum atomic E-state index is -1.90. The van der Waals surface area contributed by atoms with Gasteiger partial charge in [-0.3, -0.25) is 0 Å². The van der Waals surface area contributed by atoms with E-state index in [1.165, 1.54) is 10.9 Å². The first-order valence-corrected chi connectivity index (χ1v) is 12.9. The van der Waals surface area contributed by atoms with E-state index in [1.54, 1.807) is 0 Å². The molecule has 134 valence electrons. The molecule has 1 saturated carbocycles. The van der Waals surface area contributed by atoms with Gasteiger partial charge < -0.3 is 5.11 Å². The minimum Gasteiger partial charge on any atom is -0.392 e.